The van der Waals surface area contributed by atoms with Crippen LogP contribution in [-0.4, -0.2) is 24.9 Å². The number of hydrogen-bond donors (Lipinski definition) is 1. The van der Waals surface area contributed by atoms with Crippen LogP contribution in [0.5, 0.6) is 0 Å². The van der Waals surface area contributed by atoms with Gasteiger partial charge in [0.2, 0.25) is 11.8 Å². The molecule has 0 saturated carbocycles. The first-order valence-electron chi connectivity index (χ1n) is 7.12. The highest BCUT2D eigenvalue weighted by atomic mass is 35.5. The molecule has 0 heterocycles. The van der Waals surface area contributed by atoms with Crippen molar-refractivity contribution in [3.05, 3.63) is 28.8 Å². The molecule has 0 aromatic heterocycles. The van der Waals surface area contributed by atoms with Crippen LogP contribution in [0.4, 0.5) is 5.69 Å². The summed E-state index contributed by atoms with van der Waals surface area (Å²) in [5.41, 5.74) is 1.47. The molecule has 2 amide bonds. The van der Waals surface area contributed by atoms with Gasteiger partial charge in [0.25, 0.3) is 0 Å². The number of hydrogen-bond acceptors (Lipinski definition) is 2. The van der Waals surface area contributed by atoms with Gasteiger partial charge in [0.15, 0.2) is 0 Å². The third-order valence-electron chi connectivity index (χ3n) is 3.26. The third kappa shape index (κ3) is 5.38. The molecule has 0 aliphatic heterocycles. The van der Waals surface area contributed by atoms with E-state index in [1.807, 2.05) is 6.92 Å². The lowest BCUT2D eigenvalue weighted by Gasteiger charge is -2.23. The number of halogens is 1. The number of amides is 2. The van der Waals surface area contributed by atoms with Crippen LogP contribution < -0.4 is 10.2 Å². The van der Waals surface area contributed by atoms with E-state index in [0.717, 1.165) is 12.0 Å². The summed E-state index contributed by atoms with van der Waals surface area (Å²) in [5.74, 6) is 0.189. The maximum absolute atomic E-state index is 12.0. The molecular formula is C16H23ClN2O2. The predicted molar refractivity (Wildman–Crippen MR) is 86.7 cm³/mol. The fraction of sp³-hybridized carbons (Fsp3) is 0.500. The van der Waals surface area contributed by atoms with Crippen molar-refractivity contribution in [2.45, 2.75) is 34.1 Å². The van der Waals surface area contributed by atoms with Crippen LogP contribution in [0.2, 0.25) is 5.02 Å². The van der Waals surface area contributed by atoms with Crippen molar-refractivity contribution in [3.63, 3.8) is 0 Å². The van der Waals surface area contributed by atoms with Gasteiger partial charge >= 0.3 is 0 Å². The predicted octanol–water partition coefficient (Wildman–Crippen LogP) is 3.16. The average Bonchev–Trinajstić information content (AvgIpc) is 2.39. The zero-order chi connectivity index (χ0) is 16.0. The van der Waals surface area contributed by atoms with E-state index in [2.05, 4.69) is 19.2 Å². The van der Waals surface area contributed by atoms with E-state index in [0.29, 0.717) is 23.2 Å². The topological polar surface area (TPSA) is 49.4 Å². The first-order chi connectivity index (χ1) is 9.82. The normalized spacial score (nSPS) is 10.6. The van der Waals surface area contributed by atoms with E-state index in [4.69, 9.17) is 11.6 Å². The molecule has 0 fully saturated rings. The molecule has 1 N–H and O–H groups in total. The zero-order valence-electron chi connectivity index (χ0n) is 13.1. The molecule has 1 rings (SSSR count). The van der Waals surface area contributed by atoms with Crippen LogP contribution in [0.3, 0.4) is 0 Å². The standard InChI is InChI=1S/C16H23ClN2O2/c1-11(2)8-9-18-16(21)10-19(13(4)20)15-7-5-6-14(17)12(15)3/h5-7,11H,8-10H2,1-4H3,(H,18,21). The SMILES string of the molecule is CC(=O)N(CC(=O)NCCC(C)C)c1cccc(Cl)c1C. The molecule has 0 aliphatic carbocycles. The van der Waals surface area contributed by atoms with Crippen LogP contribution in [0, 0.1) is 12.8 Å². The Balaban J connectivity index is 2.77. The highest BCUT2D eigenvalue weighted by Gasteiger charge is 2.18. The monoisotopic (exact) mass is 310 g/mol. The molecule has 0 aliphatic rings. The van der Waals surface area contributed by atoms with Crippen molar-refractivity contribution < 1.29 is 9.59 Å². The van der Waals surface area contributed by atoms with Gasteiger partial charge in [-0.25, -0.2) is 0 Å². The van der Waals surface area contributed by atoms with Crippen LogP contribution >= 0.6 is 11.6 Å². The number of rotatable bonds is 6. The van der Waals surface area contributed by atoms with Gasteiger partial charge in [-0.3, -0.25) is 9.59 Å². The molecule has 0 saturated heterocycles. The van der Waals surface area contributed by atoms with Crippen LogP contribution in [0.15, 0.2) is 18.2 Å². The Kier molecular flexibility index (Phi) is 6.69. The van der Waals surface area contributed by atoms with E-state index in [-0.39, 0.29) is 18.4 Å². The summed E-state index contributed by atoms with van der Waals surface area (Å²) in [6.07, 6.45) is 0.919. The van der Waals surface area contributed by atoms with E-state index in [9.17, 15) is 9.59 Å². The van der Waals surface area contributed by atoms with E-state index >= 15 is 0 Å². The van der Waals surface area contributed by atoms with Crippen LogP contribution in [0.1, 0.15) is 32.8 Å². The van der Waals surface area contributed by atoms with Crippen molar-refractivity contribution in [3.8, 4) is 0 Å². The summed E-state index contributed by atoms with van der Waals surface area (Å²) in [4.78, 5) is 25.2. The Morgan fingerprint density at radius 1 is 1.33 bits per heavy atom. The Bertz CT molecular complexity index is 515. The van der Waals surface area contributed by atoms with Crippen molar-refractivity contribution >= 4 is 29.1 Å². The minimum absolute atomic E-state index is 0.00854. The van der Waals surface area contributed by atoms with E-state index in [1.165, 1.54) is 11.8 Å². The molecular weight excluding hydrogens is 288 g/mol. The number of nitrogens with one attached hydrogen (secondary N) is 1. The second-order valence-electron chi connectivity index (χ2n) is 5.52. The molecule has 5 heteroatoms. The Morgan fingerprint density at radius 2 is 2.00 bits per heavy atom. The summed E-state index contributed by atoms with van der Waals surface area (Å²) in [7, 11) is 0. The lowest BCUT2D eigenvalue weighted by atomic mass is 10.1. The van der Waals surface area contributed by atoms with Gasteiger partial charge in [-0.1, -0.05) is 31.5 Å². The quantitative estimate of drug-likeness (QED) is 0.877. The smallest absolute Gasteiger partial charge is 0.240 e. The molecule has 0 atom stereocenters. The van der Waals surface area contributed by atoms with Gasteiger partial charge in [-0.15, -0.1) is 0 Å². The molecule has 1 aromatic carbocycles. The number of anilines is 1. The molecule has 0 radical (unpaired) electrons. The summed E-state index contributed by atoms with van der Waals surface area (Å²) in [6.45, 7) is 8.12. The second kappa shape index (κ2) is 8.03. The van der Waals surface area contributed by atoms with Gasteiger partial charge in [-0.05, 0) is 37.0 Å². The molecule has 0 bridgehead atoms. The van der Waals surface area contributed by atoms with Gasteiger partial charge in [0.1, 0.15) is 6.54 Å². The zero-order valence-corrected chi connectivity index (χ0v) is 13.8. The van der Waals surface area contributed by atoms with Crippen LogP contribution in [-0.2, 0) is 9.59 Å². The largest absolute Gasteiger partial charge is 0.355 e. The van der Waals surface area contributed by atoms with Crippen molar-refractivity contribution in [1.82, 2.24) is 5.32 Å². The maximum atomic E-state index is 12.0. The molecule has 116 valence electrons. The molecule has 4 nitrogen and oxygen atoms in total. The highest BCUT2D eigenvalue weighted by molar-refractivity contribution is 6.31. The van der Waals surface area contributed by atoms with Gasteiger partial charge in [-0.2, -0.15) is 0 Å². The number of nitrogens with zero attached hydrogens (tertiary/aromatic N) is 1. The number of carbonyl (C=O) groups is 2. The highest BCUT2D eigenvalue weighted by Crippen LogP contribution is 2.26. The fourth-order valence-corrected chi connectivity index (χ4v) is 2.12. The van der Waals surface area contributed by atoms with Crippen LogP contribution in [0.25, 0.3) is 0 Å². The first-order valence-corrected chi connectivity index (χ1v) is 7.50. The lowest BCUT2D eigenvalue weighted by molar-refractivity contribution is -0.123. The van der Waals surface area contributed by atoms with Gasteiger partial charge in [0, 0.05) is 24.2 Å². The number of benzene rings is 1. The minimum atomic E-state index is -0.181. The van der Waals surface area contributed by atoms with Gasteiger partial charge in [0.05, 0.1) is 0 Å². The van der Waals surface area contributed by atoms with Crippen molar-refractivity contribution in [2.75, 3.05) is 18.0 Å². The van der Waals surface area contributed by atoms with E-state index < -0.39 is 0 Å². The Labute approximate surface area is 131 Å². The fourth-order valence-electron chi connectivity index (χ4n) is 1.95. The summed E-state index contributed by atoms with van der Waals surface area (Å²) >= 11 is 6.08. The molecule has 21 heavy (non-hydrogen) atoms. The second-order valence-corrected chi connectivity index (χ2v) is 5.93. The first kappa shape index (κ1) is 17.5. The molecule has 0 unspecified atom stereocenters. The minimum Gasteiger partial charge on any atom is -0.355 e. The third-order valence-corrected chi connectivity index (χ3v) is 3.67. The number of carbonyl (C=O) groups excluding carboxylic acids is 2. The Morgan fingerprint density at radius 3 is 2.57 bits per heavy atom. The lowest BCUT2D eigenvalue weighted by Crippen LogP contribution is -2.40. The Hall–Kier alpha value is -1.55. The summed E-state index contributed by atoms with van der Waals surface area (Å²) in [5, 5.41) is 3.42. The van der Waals surface area contributed by atoms with E-state index in [1.54, 1.807) is 18.2 Å². The van der Waals surface area contributed by atoms with Crippen molar-refractivity contribution in [2.24, 2.45) is 5.92 Å². The summed E-state index contributed by atoms with van der Waals surface area (Å²) in [6, 6.07) is 5.34. The van der Waals surface area contributed by atoms with Crippen molar-refractivity contribution in [1.29, 1.82) is 0 Å². The molecule has 0 spiro atoms. The average molecular weight is 311 g/mol. The van der Waals surface area contributed by atoms with Gasteiger partial charge < -0.3 is 10.2 Å². The maximum Gasteiger partial charge on any atom is 0.240 e. The molecule has 1 aromatic rings. The summed E-state index contributed by atoms with van der Waals surface area (Å²) < 4.78 is 0.